The predicted molar refractivity (Wildman–Crippen MR) is 83.5 cm³/mol. The Labute approximate surface area is 132 Å². The highest BCUT2D eigenvalue weighted by Gasteiger charge is 2.13. The number of hydrogen-bond acceptors (Lipinski definition) is 4. The molecule has 1 aliphatic rings. The Bertz CT molecular complexity index is 645. The van der Waals surface area contributed by atoms with E-state index in [-0.39, 0.29) is 6.61 Å². The largest absolute Gasteiger partial charge is 0.490 e. The summed E-state index contributed by atoms with van der Waals surface area (Å²) in [6.07, 6.45) is 0.885. The van der Waals surface area contributed by atoms with Gasteiger partial charge in [0, 0.05) is 16.2 Å². The average Bonchev–Trinajstić information content (AvgIpc) is 2.74. The van der Waals surface area contributed by atoms with Crippen LogP contribution < -0.4 is 9.47 Å². The molecule has 3 rings (SSSR count). The number of aliphatic hydroxyl groups excluding tert-OH is 1. The normalized spacial score (nSPS) is 13.8. The Kier molecular flexibility index (Phi) is 4.58. The highest BCUT2D eigenvalue weighted by atomic mass is 35.5. The summed E-state index contributed by atoms with van der Waals surface area (Å²) >= 11 is 7.76. The molecule has 5 heteroatoms. The zero-order valence-corrected chi connectivity index (χ0v) is 12.9. The standard InChI is InChI=1S/C16H15ClO3S/c17-13-4-1-3-11(10-18)16(13)21-12-5-6-14-15(9-12)20-8-2-7-19-14/h1,3-6,9,18H,2,7-8,10H2. The van der Waals surface area contributed by atoms with E-state index >= 15 is 0 Å². The van der Waals surface area contributed by atoms with Gasteiger partial charge < -0.3 is 14.6 Å². The van der Waals surface area contributed by atoms with Crippen molar-refractivity contribution >= 4 is 23.4 Å². The smallest absolute Gasteiger partial charge is 0.162 e. The van der Waals surface area contributed by atoms with Gasteiger partial charge in [0.05, 0.1) is 24.8 Å². The van der Waals surface area contributed by atoms with E-state index in [1.54, 1.807) is 0 Å². The van der Waals surface area contributed by atoms with Crippen LogP contribution in [0, 0.1) is 0 Å². The maximum Gasteiger partial charge on any atom is 0.162 e. The van der Waals surface area contributed by atoms with Gasteiger partial charge in [0.1, 0.15) is 0 Å². The van der Waals surface area contributed by atoms with Crippen molar-refractivity contribution in [3.63, 3.8) is 0 Å². The maximum atomic E-state index is 9.43. The lowest BCUT2D eigenvalue weighted by Gasteiger charge is -2.12. The van der Waals surface area contributed by atoms with Gasteiger partial charge in [0.15, 0.2) is 11.5 Å². The molecule has 0 saturated heterocycles. The fraction of sp³-hybridized carbons (Fsp3) is 0.250. The minimum atomic E-state index is -0.0343. The van der Waals surface area contributed by atoms with Crippen molar-refractivity contribution in [2.24, 2.45) is 0 Å². The predicted octanol–water partition coefficient (Wildman–Crippen LogP) is 4.14. The molecule has 0 saturated carbocycles. The molecule has 0 spiro atoms. The number of fused-ring (bicyclic) bond motifs is 1. The molecule has 0 unspecified atom stereocenters. The molecule has 1 N–H and O–H groups in total. The van der Waals surface area contributed by atoms with Crippen molar-refractivity contribution in [3.8, 4) is 11.5 Å². The van der Waals surface area contributed by atoms with Crippen molar-refractivity contribution in [1.29, 1.82) is 0 Å². The van der Waals surface area contributed by atoms with Crippen molar-refractivity contribution < 1.29 is 14.6 Å². The molecule has 2 aromatic carbocycles. The van der Waals surface area contributed by atoms with E-state index in [9.17, 15) is 5.11 Å². The summed E-state index contributed by atoms with van der Waals surface area (Å²) < 4.78 is 11.3. The highest BCUT2D eigenvalue weighted by molar-refractivity contribution is 7.99. The molecule has 0 aromatic heterocycles. The molecule has 21 heavy (non-hydrogen) atoms. The molecule has 3 nitrogen and oxygen atoms in total. The minimum absolute atomic E-state index is 0.0343. The lowest BCUT2D eigenvalue weighted by molar-refractivity contribution is 0.279. The number of halogens is 1. The zero-order chi connectivity index (χ0) is 14.7. The summed E-state index contributed by atoms with van der Waals surface area (Å²) in [4.78, 5) is 1.87. The topological polar surface area (TPSA) is 38.7 Å². The van der Waals surface area contributed by atoms with Crippen molar-refractivity contribution in [3.05, 3.63) is 47.0 Å². The molecule has 1 aliphatic heterocycles. The second kappa shape index (κ2) is 6.60. The van der Waals surface area contributed by atoms with Crippen LogP contribution >= 0.6 is 23.4 Å². The van der Waals surface area contributed by atoms with E-state index < -0.39 is 0 Å². The fourth-order valence-corrected chi connectivity index (χ4v) is 3.39. The Hall–Kier alpha value is -1.36. The molecule has 0 radical (unpaired) electrons. The van der Waals surface area contributed by atoms with Crippen LogP contribution in [0.25, 0.3) is 0 Å². The zero-order valence-electron chi connectivity index (χ0n) is 11.3. The van der Waals surface area contributed by atoms with Gasteiger partial charge in [-0.15, -0.1) is 0 Å². The van der Waals surface area contributed by atoms with Gasteiger partial charge in [-0.25, -0.2) is 0 Å². The first kappa shape index (κ1) is 14.6. The number of hydrogen-bond donors (Lipinski definition) is 1. The number of rotatable bonds is 3. The quantitative estimate of drug-likeness (QED) is 0.921. The number of aliphatic hydroxyl groups is 1. The summed E-state index contributed by atoms with van der Waals surface area (Å²) in [6.45, 7) is 1.31. The first-order valence-electron chi connectivity index (χ1n) is 6.73. The molecule has 2 aromatic rings. The van der Waals surface area contributed by atoms with E-state index in [0.29, 0.717) is 18.2 Å². The van der Waals surface area contributed by atoms with Crippen LogP contribution in [-0.4, -0.2) is 18.3 Å². The SMILES string of the molecule is OCc1cccc(Cl)c1Sc1ccc2c(c1)OCCCO2. The Morgan fingerprint density at radius 1 is 1.10 bits per heavy atom. The number of benzene rings is 2. The van der Waals surface area contributed by atoms with Crippen LogP contribution in [0.15, 0.2) is 46.2 Å². The van der Waals surface area contributed by atoms with Gasteiger partial charge in [0.25, 0.3) is 0 Å². The third-order valence-corrected chi connectivity index (χ3v) is 4.76. The van der Waals surface area contributed by atoms with Crippen molar-refractivity contribution in [2.75, 3.05) is 13.2 Å². The van der Waals surface area contributed by atoms with Gasteiger partial charge in [-0.3, -0.25) is 0 Å². The van der Waals surface area contributed by atoms with Crippen molar-refractivity contribution in [2.45, 2.75) is 22.8 Å². The van der Waals surface area contributed by atoms with E-state index in [2.05, 4.69) is 0 Å². The van der Waals surface area contributed by atoms with Gasteiger partial charge >= 0.3 is 0 Å². The van der Waals surface area contributed by atoms with E-state index in [1.807, 2.05) is 36.4 Å². The summed E-state index contributed by atoms with van der Waals surface area (Å²) in [6, 6.07) is 11.4. The minimum Gasteiger partial charge on any atom is -0.490 e. The van der Waals surface area contributed by atoms with Crippen LogP contribution in [0.1, 0.15) is 12.0 Å². The summed E-state index contributed by atoms with van der Waals surface area (Å²) in [5.74, 6) is 1.54. The Morgan fingerprint density at radius 2 is 1.90 bits per heavy atom. The summed E-state index contributed by atoms with van der Waals surface area (Å²) in [5, 5.41) is 10.1. The van der Waals surface area contributed by atoms with E-state index in [4.69, 9.17) is 21.1 Å². The second-order valence-corrected chi connectivity index (χ2v) is 6.14. The third kappa shape index (κ3) is 3.28. The van der Waals surface area contributed by atoms with E-state index in [0.717, 1.165) is 33.3 Å². The lowest BCUT2D eigenvalue weighted by atomic mass is 10.2. The van der Waals surface area contributed by atoms with Crippen LogP contribution in [0.2, 0.25) is 5.02 Å². The summed E-state index contributed by atoms with van der Waals surface area (Å²) in [5.41, 5.74) is 0.819. The first-order valence-corrected chi connectivity index (χ1v) is 7.93. The lowest BCUT2D eigenvalue weighted by Crippen LogP contribution is -1.97. The van der Waals surface area contributed by atoms with Crippen LogP contribution in [0.5, 0.6) is 11.5 Å². The molecule has 110 valence electrons. The fourth-order valence-electron chi connectivity index (χ4n) is 2.12. The van der Waals surface area contributed by atoms with Crippen LogP contribution in [0.3, 0.4) is 0 Å². The second-order valence-electron chi connectivity index (χ2n) is 4.65. The summed E-state index contributed by atoms with van der Waals surface area (Å²) in [7, 11) is 0. The molecule has 0 atom stereocenters. The van der Waals surface area contributed by atoms with Crippen molar-refractivity contribution in [1.82, 2.24) is 0 Å². The Morgan fingerprint density at radius 3 is 2.71 bits per heavy atom. The maximum absolute atomic E-state index is 9.43. The molecule has 1 heterocycles. The Balaban J connectivity index is 1.90. The van der Waals surface area contributed by atoms with Crippen LogP contribution in [-0.2, 0) is 6.61 Å². The van der Waals surface area contributed by atoms with Gasteiger partial charge in [-0.05, 0) is 29.8 Å². The molecular weight excluding hydrogens is 308 g/mol. The number of ether oxygens (including phenoxy) is 2. The van der Waals surface area contributed by atoms with Crippen LogP contribution in [0.4, 0.5) is 0 Å². The molecule has 0 fully saturated rings. The van der Waals surface area contributed by atoms with E-state index in [1.165, 1.54) is 11.8 Å². The molecule has 0 amide bonds. The average molecular weight is 323 g/mol. The monoisotopic (exact) mass is 322 g/mol. The molecular formula is C16H15ClO3S. The highest BCUT2D eigenvalue weighted by Crippen LogP contribution is 2.40. The van der Waals surface area contributed by atoms with Gasteiger partial charge in [-0.1, -0.05) is 35.5 Å². The molecule has 0 bridgehead atoms. The first-order chi connectivity index (χ1) is 10.3. The van der Waals surface area contributed by atoms with Gasteiger partial charge in [0.2, 0.25) is 0 Å². The van der Waals surface area contributed by atoms with Gasteiger partial charge in [-0.2, -0.15) is 0 Å². The third-order valence-electron chi connectivity index (χ3n) is 3.16. The molecule has 0 aliphatic carbocycles.